The summed E-state index contributed by atoms with van der Waals surface area (Å²) in [5, 5.41) is 18.1. The van der Waals surface area contributed by atoms with E-state index in [1.54, 1.807) is 6.07 Å². The van der Waals surface area contributed by atoms with Crippen molar-refractivity contribution in [3.8, 4) is 23.6 Å². The summed E-state index contributed by atoms with van der Waals surface area (Å²) in [7, 11) is -1.42. The lowest BCUT2D eigenvalue weighted by Gasteiger charge is -2.10. The van der Waals surface area contributed by atoms with Crippen LogP contribution in [0.2, 0.25) is 5.02 Å². The molecule has 0 amide bonds. The first kappa shape index (κ1) is 16.0. The Morgan fingerprint density at radius 1 is 1.18 bits per heavy atom. The molecule has 0 bridgehead atoms. The topological polar surface area (TPSA) is 73.9 Å². The third-order valence-corrected chi connectivity index (χ3v) is 3.96. The highest BCUT2D eigenvalue weighted by Crippen LogP contribution is 2.32. The van der Waals surface area contributed by atoms with E-state index in [1.807, 2.05) is 6.07 Å². The van der Waals surface area contributed by atoms with Gasteiger partial charge in [-0.3, -0.25) is 4.21 Å². The second-order valence-electron chi connectivity index (χ2n) is 4.20. The number of nitriles is 2. The lowest BCUT2D eigenvalue weighted by molar-refractivity contribution is 0.439. The van der Waals surface area contributed by atoms with Gasteiger partial charge in [0.05, 0.1) is 16.1 Å². The molecule has 0 N–H and O–H groups in total. The lowest BCUT2D eigenvalue weighted by atomic mass is 10.2. The Hall–Kier alpha value is -2.41. The Kier molecular flexibility index (Phi) is 4.77. The largest absolute Gasteiger partial charge is 0.453 e. The number of ether oxygens (including phenoxy) is 1. The second-order valence-corrected chi connectivity index (χ2v) is 5.99. The summed E-state index contributed by atoms with van der Waals surface area (Å²) >= 11 is 5.87. The fraction of sp³-hybridized carbons (Fsp3) is 0.0667. The Bertz CT molecular complexity index is 856. The molecule has 1 atom stereocenters. The minimum Gasteiger partial charge on any atom is -0.453 e. The van der Waals surface area contributed by atoms with Crippen LogP contribution in [0.3, 0.4) is 0 Å². The first-order valence-electron chi connectivity index (χ1n) is 5.91. The quantitative estimate of drug-likeness (QED) is 0.856. The average Bonchev–Trinajstić information content (AvgIpc) is 2.49. The average molecular weight is 335 g/mol. The van der Waals surface area contributed by atoms with Crippen molar-refractivity contribution in [2.75, 3.05) is 6.26 Å². The maximum Gasteiger partial charge on any atom is 0.180 e. The van der Waals surface area contributed by atoms with Gasteiger partial charge in [0.1, 0.15) is 17.9 Å². The third-order valence-electron chi connectivity index (χ3n) is 2.75. The van der Waals surface area contributed by atoms with Crippen LogP contribution in [0, 0.1) is 28.5 Å². The summed E-state index contributed by atoms with van der Waals surface area (Å²) in [5.74, 6) is -0.896. The Labute approximate surface area is 133 Å². The van der Waals surface area contributed by atoms with Gasteiger partial charge in [-0.15, -0.1) is 0 Å². The molecule has 0 saturated carbocycles. The highest BCUT2D eigenvalue weighted by molar-refractivity contribution is 7.84. The molecule has 0 heterocycles. The third kappa shape index (κ3) is 3.25. The van der Waals surface area contributed by atoms with Gasteiger partial charge >= 0.3 is 0 Å². The summed E-state index contributed by atoms with van der Waals surface area (Å²) in [5.41, 5.74) is 0.178. The summed E-state index contributed by atoms with van der Waals surface area (Å²) in [4.78, 5) is 0.194. The zero-order valence-electron chi connectivity index (χ0n) is 11.3. The van der Waals surface area contributed by atoms with Crippen LogP contribution in [0.5, 0.6) is 11.5 Å². The van der Waals surface area contributed by atoms with E-state index in [4.69, 9.17) is 26.9 Å². The molecule has 2 aromatic carbocycles. The molecule has 2 rings (SSSR count). The molecular formula is C15H8ClFN2O2S. The van der Waals surface area contributed by atoms with Gasteiger partial charge in [0.25, 0.3) is 0 Å². The Morgan fingerprint density at radius 3 is 2.41 bits per heavy atom. The molecule has 22 heavy (non-hydrogen) atoms. The molecule has 0 aliphatic rings. The predicted octanol–water partition coefficient (Wildman–Crippen LogP) is 3.75. The van der Waals surface area contributed by atoms with E-state index in [0.717, 1.165) is 6.07 Å². The Morgan fingerprint density at radius 2 is 1.86 bits per heavy atom. The van der Waals surface area contributed by atoms with Crippen molar-refractivity contribution in [3.63, 3.8) is 0 Å². The number of hydrogen-bond acceptors (Lipinski definition) is 4. The monoisotopic (exact) mass is 334 g/mol. The van der Waals surface area contributed by atoms with Crippen molar-refractivity contribution in [1.82, 2.24) is 0 Å². The second kappa shape index (κ2) is 6.57. The number of rotatable bonds is 3. The van der Waals surface area contributed by atoms with Crippen molar-refractivity contribution in [3.05, 3.63) is 52.3 Å². The minimum absolute atomic E-state index is 0.0781. The molecule has 0 aliphatic heterocycles. The minimum atomic E-state index is -1.42. The first-order chi connectivity index (χ1) is 10.5. The molecule has 0 spiro atoms. The van der Waals surface area contributed by atoms with Crippen molar-refractivity contribution < 1.29 is 13.3 Å². The van der Waals surface area contributed by atoms with Gasteiger partial charge in [0.15, 0.2) is 11.6 Å². The van der Waals surface area contributed by atoms with Gasteiger partial charge in [-0.05, 0) is 24.3 Å². The van der Waals surface area contributed by atoms with Crippen LogP contribution in [-0.2, 0) is 10.8 Å². The highest BCUT2D eigenvalue weighted by atomic mass is 35.5. The summed E-state index contributed by atoms with van der Waals surface area (Å²) in [6, 6.07) is 10.3. The summed E-state index contributed by atoms with van der Waals surface area (Å²) in [6.07, 6.45) is 1.39. The maximum atomic E-state index is 14.1. The van der Waals surface area contributed by atoms with Gasteiger partial charge in [-0.25, -0.2) is 4.39 Å². The van der Waals surface area contributed by atoms with Gasteiger partial charge < -0.3 is 4.74 Å². The van der Waals surface area contributed by atoms with Gasteiger partial charge in [0, 0.05) is 28.0 Å². The zero-order valence-corrected chi connectivity index (χ0v) is 12.8. The number of benzene rings is 2. The van der Waals surface area contributed by atoms with Crippen LogP contribution in [0.4, 0.5) is 4.39 Å². The van der Waals surface area contributed by atoms with E-state index in [0.29, 0.717) is 0 Å². The Balaban J connectivity index is 2.46. The van der Waals surface area contributed by atoms with Gasteiger partial charge in [0.2, 0.25) is 0 Å². The molecule has 0 fully saturated rings. The van der Waals surface area contributed by atoms with Crippen LogP contribution in [-0.4, -0.2) is 10.5 Å². The molecule has 0 aromatic heterocycles. The molecule has 110 valence electrons. The summed E-state index contributed by atoms with van der Waals surface area (Å²) in [6.45, 7) is 0. The van der Waals surface area contributed by atoms with E-state index in [1.165, 1.54) is 30.5 Å². The van der Waals surface area contributed by atoms with E-state index in [-0.39, 0.29) is 32.5 Å². The van der Waals surface area contributed by atoms with Crippen LogP contribution in [0.15, 0.2) is 35.2 Å². The SMILES string of the molecule is CS(=O)c1cc(F)c(Oc2ccc(C#N)c(Cl)c2)c(C#N)c1. The molecule has 0 saturated heterocycles. The van der Waals surface area contributed by atoms with E-state index in [9.17, 15) is 8.60 Å². The molecule has 1 unspecified atom stereocenters. The standard InChI is InChI=1S/C15H8ClFN2O2S/c1-22(20)12-4-10(8-19)15(14(17)6-12)21-11-3-2-9(7-18)13(16)5-11/h2-6H,1H3. The molecule has 7 heteroatoms. The maximum absolute atomic E-state index is 14.1. The van der Waals surface area contributed by atoms with Crippen LogP contribution >= 0.6 is 11.6 Å². The van der Waals surface area contributed by atoms with E-state index < -0.39 is 16.6 Å². The molecular weight excluding hydrogens is 327 g/mol. The van der Waals surface area contributed by atoms with Crippen molar-refractivity contribution in [1.29, 1.82) is 10.5 Å². The predicted molar refractivity (Wildman–Crippen MR) is 79.7 cm³/mol. The fourth-order valence-corrected chi connectivity index (χ4v) is 2.46. The summed E-state index contributed by atoms with van der Waals surface area (Å²) < 4.78 is 30.8. The highest BCUT2D eigenvalue weighted by Gasteiger charge is 2.15. The van der Waals surface area contributed by atoms with Crippen LogP contribution in [0.1, 0.15) is 11.1 Å². The van der Waals surface area contributed by atoms with Crippen molar-refractivity contribution >= 4 is 22.4 Å². The number of halogens is 2. The molecule has 0 aliphatic carbocycles. The first-order valence-corrected chi connectivity index (χ1v) is 7.84. The van der Waals surface area contributed by atoms with Crippen LogP contribution < -0.4 is 4.74 Å². The normalized spacial score (nSPS) is 11.3. The molecule has 2 aromatic rings. The number of nitrogens with zero attached hydrogens (tertiary/aromatic N) is 2. The smallest absolute Gasteiger partial charge is 0.180 e. The van der Waals surface area contributed by atoms with E-state index >= 15 is 0 Å². The zero-order chi connectivity index (χ0) is 16.3. The van der Waals surface area contributed by atoms with Crippen molar-refractivity contribution in [2.45, 2.75) is 4.90 Å². The molecule has 4 nitrogen and oxygen atoms in total. The lowest BCUT2D eigenvalue weighted by Crippen LogP contribution is -1.97. The number of hydrogen-bond donors (Lipinski definition) is 0. The van der Waals surface area contributed by atoms with Crippen LogP contribution in [0.25, 0.3) is 0 Å². The van der Waals surface area contributed by atoms with Crippen molar-refractivity contribution in [2.24, 2.45) is 0 Å². The van der Waals surface area contributed by atoms with Gasteiger partial charge in [-0.2, -0.15) is 10.5 Å². The van der Waals surface area contributed by atoms with Gasteiger partial charge in [-0.1, -0.05) is 11.6 Å². The molecule has 0 radical (unpaired) electrons. The fourth-order valence-electron chi connectivity index (χ4n) is 1.69. The van der Waals surface area contributed by atoms with E-state index in [2.05, 4.69) is 0 Å².